The van der Waals surface area contributed by atoms with Crippen LogP contribution in [0.2, 0.25) is 0 Å². The lowest BCUT2D eigenvalue weighted by Gasteiger charge is -2.14. The molecule has 0 aliphatic heterocycles. The first-order chi connectivity index (χ1) is 15.7. The monoisotopic (exact) mass is 478 g/mol. The summed E-state index contributed by atoms with van der Waals surface area (Å²) in [5, 5.41) is 3.76. The van der Waals surface area contributed by atoms with Gasteiger partial charge in [-0.2, -0.15) is 0 Å². The second kappa shape index (κ2) is 12.1. The summed E-state index contributed by atoms with van der Waals surface area (Å²) in [6.45, 7) is 3.87. The lowest BCUT2D eigenvalue weighted by molar-refractivity contribution is -0.120. The van der Waals surface area contributed by atoms with Gasteiger partial charge in [-0.15, -0.1) is 0 Å². The summed E-state index contributed by atoms with van der Waals surface area (Å²) in [5.74, 6) is -0.385. The molecule has 0 spiro atoms. The summed E-state index contributed by atoms with van der Waals surface area (Å²) < 4.78 is 40.8. The van der Waals surface area contributed by atoms with E-state index in [0.29, 0.717) is 36.0 Å². The first-order valence-corrected chi connectivity index (χ1v) is 12.1. The summed E-state index contributed by atoms with van der Waals surface area (Å²) in [5.41, 5.74) is 1.32. The fourth-order valence-corrected chi connectivity index (χ4v) is 4.08. The molecule has 33 heavy (non-hydrogen) atoms. The van der Waals surface area contributed by atoms with E-state index in [0.717, 1.165) is 5.56 Å². The number of carbonyl (C=O) groups excluding carboxylic acids is 2. The van der Waals surface area contributed by atoms with E-state index < -0.39 is 32.7 Å². The summed E-state index contributed by atoms with van der Waals surface area (Å²) in [6, 6.07) is 11.9. The van der Waals surface area contributed by atoms with Crippen LogP contribution in [0.5, 0.6) is 17.2 Å². The lowest BCUT2D eigenvalue weighted by Crippen LogP contribution is -2.41. The first-order valence-electron chi connectivity index (χ1n) is 10.4. The van der Waals surface area contributed by atoms with Gasteiger partial charge in [0.15, 0.2) is 21.3 Å². The van der Waals surface area contributed by atoms with Crippen LogP contribution in [0.3, 0.4) is 0 Å². The highest BCUT2D eigenvalue weighted by atomic mass is 32.2. The molecule has 0 saturated carbocycles. The van der Waals surface area contributed by atoms with Gasteiger partial charge in [-0.05, 0) is 62.2 Å². The summed E-state index contributed by atoms with van der Waals surface area (Å²) in [4.78, 5) is 24.6. The minimum absolute atomic E-state index is 0.229. The molecule has 2 rings (SSSR count). The van der Waals surface area contributed by atoms with E-state index in [-0.39, 0.29) is 6.54 Å². The van der Waals surface area contributed by atoms with Crippen molar-refractivity contribution in [2.45, 2.75) is 25.5 Å². The van der Waals surface area contributed by atoms with Crippen LogP contribution in [0.4, 0.5) is 5.69 Å². The van der Waals surface area contributed by atoms with Gasteiger partial charge in [0.2, 0.25) is 11.8 Å². The predicted octanol–water partition coefficient (Wildman–Crippen LogP) is 2.20. The van der Waals surface area contributed by atoms with Crippen LogP contribution in [-0.4, -0.2) is 58.6 Å². The highest BCUT2D eigenvalue weighted by molar-refractivity contribution is 7.93. The van der Waals surface area contributed by atoms with Crippen LogP contribution in [0.25, 0.3) is 0 Å². The van der Waals surface area contributed by atoms with Crippen LogP contribution in [-0.2, 0) is 25.8 Å². The second-order valence-electron chi connectivity index (χ2n) is 7.19. The van der Waals surface area contributed by atoms with E-state index in [4.69, 9.17) is 14.2 Å². The molecule has 0 saturated heterocycles. The van der Waals surface area contributed by atoms with Gasteiger partial charge in [-0.25, -0.2) is 8.42 Å². The van der Waals surface area contributed by atoms with Crippen LogP contribution in [0.15, 0.2) is 42.5 Å². The topological polar surface area (TPSA) is 120 Å². The molecule has 0 aliphatic carbocycles. The summed E-state index contributed by atoms with van der Waals surface area (Å²) in [7, 11) is -0.926. The van der Waals surface area contributed by atoms with E-state index in [9.17, 15) is 18.0 Å². The third-order valence-electron chi connectivity index (χ3n) is 4.85. The molecule has 1 unspecified atom stereocenters. The molecule has 9 nitrogen and oxygen atoms in total. The predicted molar refractivity (Wildman–Crippen MR) is 126 cm³/mol. The number of benzene rings is 2. The van der Waals surface area contributed by atoms with E-state index in [1.807, 2.05) is 13.0 Å². The van der Waals surface area contributed by atoms with Crippen molar-refractivity contribution in [3.63, 3.8) is 0 Å². The van der Waals surface area contributed by atoms with Crippen molar-refractivity contribution in [2.75, 3.05) is 38.4 Å². The zero-order valence-corrected chi connectivity index (χ0v) is 20.0. The molecule has 0 aliphatic rings. The molecule has 2 aromatic carbocycles. The van der Waals surface area contributed by atoms with Crippen molar-refractivity contribution in [2.24, 2.45) is 0 Å². The molecule has 0 heterocycles. The van der Waals surface area contributed by atoms with E-state index in [1.165, 1.54) is 21.1 Å². The van der Waals surface area contributed by atoms with Crippen LogP contribution < -0.4 is 24.8 Å². The molecular weight excluding hydrogens is 448 g/mol. The van der Waals surface area contributed by atoms with Crippen molar-refractivity contribution < 1.29 is 32.2 Å². The van der Waals surface area contributed by atoms with Crippen molar-refractivity contribution in [1.82, 2.24) is 5.32 Å². The highest BCUT2D eigenvalue weighted by Gasteiger charge is 2.30. The fourth-order valence-electron chi connectivity index (χ4n) is 2.98. The Hall–Kier alpha value is -3.27. The maximum Gasteiger partial charge on any atom is 0.239 e. The van der Waals surface area contributed by atoms with Gasteiger partial charge in [0.25, 0.3) is 0 Å². The molecule has 1 atom stereocenters. The lowest BCUT2D eigenvalue weighted by atomic mass is 10.1. The minimum Gasteiger partial charge on any atom is -0.494 e. The summed E-state index contributed by atoms with van der Waals surface area (Å²) in [6.07, 6.45) is 0.469. The van der Waals surface area contributed by atoms with Crippen molar-refractivity contribution in [1.29, 1.82) is 0 Å². The van der Waals surface area contributed by atoms with Crippen molar-refractivity contribution >= 4 is 27.3 Å². The number of methoxy groups -OCH3 is 2. The van der Waals surface area contributed by atoms with Crippen LogP contribution >= 0.6 is 0 Å². The maximum absolute atomic E-state index is 12.5. The molecule has 2 amide bonds. The Kier molecular flexibility index (Phi) is 9.53. The van der Waals surface area contributed by atoms with Gasteiger partial charge in [0.05, 0.1) is 20.8 Å². The van der Waals surface area contributed by atoms with E-state index in [1.54, 1.807) is 36.4 Å². The molecule has 2 aromatic rings. The first kappa shape index (κ1) is 26.0. The molecule has 0 fully saturated rings. The van der Waals surface area contributed by atoms with Crippen molar-refractivity contribution in [3.8, 4) is 17.2 Å². The Morgan fingerprint density at radius 1 is 1.00 bits per heavy atom. The Bertz CT molecular complexity index is 1050. The fraction of sp³-hybridized carbons (Fsp3) is 0.391. The maximum atomic E-state index is 12.5. The smallest absolute Gasteiger partial charge is 0.239 e. The molecule has 0 aromatic heterocycles. The van der Waals surface area contributed by atoms with Gasteiger partial charge in [0.1, 0.15) is 16.8 Å². The Morgan fingerprint density at radius 3 is 2.27 bits per heavy atom. The van der Waals surface area contributed by atoms with Gasteiger partial charge >= 0.3 is 0 Å². The zero-order valence-electron chi connectivity index (χ0n) is 19.2. The molecule has 10 heteroatoms. The van der Waals surface area contributed by atoms with Crippen LogP contribution in [0.1, 0.15) is 19.4 Å². The highest BCUT2D eigenvalue weighted by Crippen LogP contribution is 2.27. The zero-order chi connectivity index (χ0) is 24.4. The van der Waals surface area contributed by atoms with Gasteiger partial charge in [0, 0.05) is 12.2 Å². The number of sulfone groups is 1. The second-order valence-corrected chi connectivity index (χ2v) is 9.51. The quantitative estimate of drug-likeness (QED) is 0.480. The number of hydrogen-bond acceptors (Lipinski definition) is 7. The van der Waals surface area contributed by atoms with Gasteiger partial charge in [-0.3, -0.25) is 9.59 Å². The van der Waals surface area contributed by atoms with E-state index in [2.05, 4.69) is 10.6 Å². The average molecular weight is 479 g/mol. The van der Waals surface area contributed by atoms with Crippen molar-refractivity contribution in [3.05, 3.63) is 48.0 Å². The van der Waals surface area contributed by atoms with Gasteiger partial charge in [-0.1, -0.05) is 6.07 Å². The summed E-state index contributed by atoms with van der Waals surface area (Å²) >= 11 is 0. The largest absolute Gasteiger partial charge is 0.494 e. The Morgan fingerprint density at radius 2 is 1.67 bits per heavy atom. The Balaban J connectivity index is 1.87. The molecule has 0 bridgehead atoms. The SMILES string of the molecule is CCOc1ccc(NC(=O)CS(=O)(=O)C(C)C(=O)NCCc2ccc(OC)c(OC)c2)cc1. The molecule has 180 valence electrons. The number of rotatable bonds is 12. The standard InChI is InChI=1S/C23H30N2O7S/c1-5-32-19-9-7-18(8-10-19)25-22(26)15-33(28,29)16(2)23(27)24-13-12-17-6-11-20(30-3)21(14-17)31-4/h6-11,14,16H,5,12-13,15H2,1-4H3,(H,24,27)(H,25,26). The number of carbonyl (C=O) groups is 2. The third kappa shape index (κ3) is 7.67. The number of ether oxygens (including phenoxy) is 3. The number of anilines is 1. The normalized spacial score (nSPS) is 11.9. The number of nitrogens with one attached hydrogen (secondary N) is 2. The molecule has 0 radical (unpaired) electrons. The Labute approximate surface area is 194 Å². The third-order valence-corrected chi connectivity index (χ3v) is 6.81. The number of hydrogen-bond donors (Lipinski definition) is 2. The van der Waals surface area contributed by atoms with Crippen LogP contribution in [0, 0.1) is 0 Å². The molecule has 2 N–H and O–H groups in total. The number of amides is 2. The molecular formula is C23H30N2O7S. The van der Waals surface area contributed by atoms with Gasteiger partial charge < -0.3 is 24.8 Å². The minimum atomic E-state index is -4.00. The van der Waals surface area contributed by atoms with E-state index >= 15 is 0 Å². The average Bonchev–Trinajstić information content (AvgIpc) is 2.79.